The van der Waals surface area contributed by atoms with Crippen molar-refractivity contribution in [2.24, 2.45) is 7.05 Å². The molecular weight excluding hydrogens is 282 g/mol. The van der Waals surface area contributed by atoms with E-state index in [1.54, 1.807) is 38.1 Å². The zero-order valence-electron chi connectivity index (χ0n) is 13.5. The van der Waals surface area contributed by atoms with Crippen LogP contribution in [0.1, 0.15) is 37.8 Å². The number of carbonyl (C=O) groups excluding carboxylic acids is 2. The lowest BCUT2D eigenvalue weighted by Crippen LogP contribution is -2.50. The first-order valence-corrected chi connectivity index (χ1v) is 7.78. The molecule has 0 bridgehead atoms. The van der Waals surface area contributed by atoms with Crippen molar-refractivity contribution in [3.8, 4) is 0 Å². The summed E-state index contributed by atoms with van der Waals surface area (Å²) in [5, 5.41) is 9.85. The molecular formula is C15H25N5O2. The van der Waals surface area contributed by atoms with E-state index in [1.807, 2.05) is 4.90 Å². The fourth-order valence-electron chi connectivity index (χ4n) is 2.78. The Bertz CT molecular complexity index is 522. The van der Waals surface area contributed by atoms with E-state index in [2.05, 4.69) is 15.7 Å². The summed E-state index contributed by atoms with van der Waals surface area (Å²) in [7, 11) is 3.52. The fourth-order valence-corrected chi connectivity index (χ4v) is 2.78. The Hall–Kier alpha value is -1.89. The van der Waals surface area contributed by atoms with Crippen LogP contribution in [0.4, 0.5) is 0 Å². The van der Waals surface area contributed by atoms with Crippen LogP contribution in [0, 0.1) is 0 Å². The Kier molecular flexibility index (Phi) is 5.54. The third kappa shape index (κ3) is 3.85. The van der Waals surface area contributed by atoms with E-state index >= 15 is 0 Å². The van der Waals surface area contributed by atoms with Crippen molar-refractivity contribution >= 4 is 11.8 Å². The van der Waals surface area contributed by atoms with Crippen LogP contribution in [0.25, 0.3) is 0 Å². The van der Waals surface area contributed by atoms with Crippen LogP contribution >= 0.6 is 0 Å². The number of amides is 2. The molecule has 1 aromatic rings. The predicted molar refractivity (Wildman–Crippen MR) is 83.0 cm³/mol. The Morgan fingerprint density at radius 3 is 2.50 bits per heavy atom. The Morgan fingerprint density at radius 1 is 1.27 bits per heavy atom. The summed E-state index contributed by atoms with van der Waals surface area (Å²) in [4.78, 5) is 26.6. The van der Waals surface area contributed by atoms with Crippen molar-refractivity contribution in [1.82, 2.24) is 25.3 Å². The van der Waals surface area contributed by atoms with E-state index < -0.39 is 12.1 Å². The van der Waals surface area contributed by atoms with Gasteiger partial charge in [-0.1, -0.05) is 0 Å². The monoisotopic (exact) mass is 307 g/mol. The topological polar surface area (TPSA) is 79.3 Å². The molecule has 0 aromatic carbocycles. The predicted octanol–water partition coefficient (Wildman–Crippen LogP) is 0.198. The van der Waals surface area contributed by atoms with Crippen molar-refractivity contribution in [1.29, 1.82) is 0 Å². The molecule has 1 aliphatic rings. The molecule has 2 heterocycles. The summed E-state index contributed by atoms with van der Waals surface area (Å²) in [6.45, 7) is 3.32. The molecule has 7 heteroatoms. The summed E-state index contributed by atoms with van der Waals surface area (Å²) in [6, 6.07) is -1.02. The molecule has 1 fully saturated rings. The number of nitrogens with zero attached hydrogens (tertiary/aromatic N) is 3. The first-order chi connectivity index (χ1) is 10.5. The van der Waals surface area contributed by atoms with Crippen molar-refractivity contribution < 1.29 is 9.59 Å². The van der Waals surface area contributed by atoms with Gasteiger partial charge < -0.3 is 15.5 Å². The van der Waals surface area contributed by atoms with E-state index in [9.17, 15) is 9.59 Å². The lowest BCUT2D eigenvalue weighted by atomic mass is 10.1. The van der Waals surface area contributed by atoms with Gasteiger partial charge in [0.15, 0.2) is 0 Å². The molecule has 2 rings (SSSR count). The number of piperidine rings is 1. The summed E-state index contributed by atoms with van der Waals surface area (Å²) < 4.78 is 1.65. The van der Waals surface area contributed by atoms with Gasteiger partial charge in [-0.2, -0.15) is 5.10 Å². The number of aryl methyl sites for hydroxylation is 1. The molecule has 2 atom stereocenters. The standard InChI is InChI=1S/C15H25N5O2/c1-11(15(22)20-7-5-4-6-8-20)18-14(21)13(16-2)12-9-17-19(3)10-12/h9-11,13,16H,4-8H2,1-3H3,(H,18,21)/t11-,13?/m0/s1. The number of carbonyl (C=O) groups is 2. The average molecular weight is 307 g/mol. The number of nitrogens with one attached hydrogen (secondary N) is 2. The zero-order valence-corrected chi connectivity index (χ0v) is 13.5. The minimum Gasteiger partial charge on any atom is -0.343 e. The Morgan fingerprint density at radius 2 is 1.95 bits per heavy atom. The summed E-state index contributed by atoms with van der Waals surface area (Å²) in [5.41, 5.74) is 0.778. The molecule has 0 radical (unpaired) electrons. The zero-order chi connectivity index (χ0) is 16.1. The largest absolute Gasteiger partial charge is 0.343 e. The van der Waals surface area contributed by atoms with E-state index in [0.29, 0.717) is 0 Å². The second-order valence-corrected chi connectivity index (χ2v) is 5.79. The number of rotatable bonds is 5. The maximum absolute atomic E-state index is 12.4. The minimum atomic E-state index is -0.516. The molecule has 0 spiro atoms. The first-order valence-electron chi connectivity index (χ1n) is 7.78. The molecule has 7 nitrogen and oxygen atoms in total. The van der Waals surface area contributed by atoms with E-state index in [-0.39, 0.29) is 11.8 Å². The van der Waals surface area contributed by atoms with Gasteiger partial charge in [0.05, 0.1) is 6.20 Å². The van der Waals surface area contributed by atoms with E-state index in [4.69, 9.17) is 0 Å². The molecule has 0 saturated carbocycles. The summed E-state index contributed by atoms with van der Waals surface area (Å²) in [5.74, 6) is -0.220. The van der Waals surface area contributed by atoms with Crippen LogP contribution in [0.5, 0.6) is 0 Å². The molecule has 2 amide bonds. The van der Waals surface area contributed by atoms with Crippen molar-refractivity contribution in [2.75, 3.05) is 20.1 Å². The number of hydrogen-bond acceptors (Lipinski definition) is 4. The van der Waals surface area contributed by atoms with Crippen LogP contribution in [-0.2, 0) is 16.6 Å². The van der Waals surface area contributed by atoms with Gasteiger partial charge in [-0.25, -0.2) is 0 Å². The molecule has 1 unspecified atom stereocenters. The van der Waals surface area contributed by atoms with Gasteiger partial charge in [0, 0.05) is 31.9 Å². The van der Waals surface area contributed by atoms with E-state index in [0.717, 1.165) is 31.5 Å². The van der Waals surface area contributed by atoms with Crippen LogP contribution in [-0.4, -0.2) is 52.7 Å². The number of aromatic nitrogens is 2. The first kappa shape index (κ1) is 16.5. The quantitative estimate of drug-likeness (QED) is 0.814. The SMILES string of the molecule is CNC(C(=O)N[C@@H](C)C(=O)N1CCCCC1)c1cnn(C)c1. The Balaban J connectivity index is 1.95. The molecule has 0 aliphatic carbocycles. The molecule has 122 valence electrons. The maximum Gasteiger partial charge on any atom is 0.244 e. The fraction of sp³-hybridized carbons (Fsp3) is 0.667. The highest BCUT2D eigenvalue weighted by atomic mass is 16.2. The molecule has 1 aromatic heterocycles. The van der Waals surface area contributed by atoms with Crippen LogP contribution < -0.4 is 10.6 Å². The minimum absolute atomic E-state index is 0.00547. The van der Waals surface area contributed by atoms with Gasteiger partial charge in [-0.3, -0.25) is 14.3 Å². The van der Waals surface area contributed by atoms with Gasteiger partial charge >= 0.3 is 0 Å². The van der Waals surface area contributed by atoms with Gasteiger partial charge in [0.25, 0.3) is 0 Å². The van der Waals surface area contributed by atoms with Crippen LogP contribution in [0.3, 0.4) is 0 Å². The maximum atomic E-state index is 12.4. The van der Waals surface area contributed by atoms with Gasteiger partial charge in [0.2, 0.25) is 11.8 Å². The second kappa shape index (κ2) is 7.40. The van der Waals surface area contributed by atoms with Crippen LogP contribution in [0.15, 0.2) is 12.4 Å². The lowest BCUT2D eigenvalue weighted by molar-refractivity contribution is -0.137. The third-order valence-corrected chi connectivity index (χ3v) is 4.01. The Labute approximate surface area is 131 Å². The lowest BCUT2D eigenvalue weighted by Gasteiger charge is -2.30. The highest BCUT2D eigenvalue weighted by Gasteiger charge is 2.27. The number of likely N-dealkylation sites (N-methyl/N-ethyl adjacent to an activating group) is 1. The average Bonchev–Trinajstić information content (AvgIpc) is 2.94. The smallest absolute Gasteiger partial charge is 0.244 e. The summed E-state index contributed by atoms with van der Waals surface area (Å²) >= 11 is 0. The highest BCUT2D eigenvalue weighted by Crippen LogP contribution is 2.13. The van der Waals surface area contributed by atoms with E-state index in [1.165, 1.54) is 6.42 Å². The molecule has 2 N–H and O–H groups in total. The van der Waals surface area contributed by atoms with Crippen LogP contribution in [0.2, 0.25) is 0 Å². The van der Waals surface area contributed by atoms with Crippen molar-refractivity contribution in [3.05, 3.63) is 18.0 Å². The molecule has 1 saturated heterocycles. The molecule has 22 heavy (non-hydrogen) atoms. The highest BCUT2D eigenvalue weighted by molar-refractivity contribution is 5.90. The normalized spacial score (nSPS) is 17.9. The third-order valence-electron chi connectivity index (χ3n) is 4.01. The number of likely N-dealkylation sites (tertiary alicyclic amines) is 1. The van der Waals surface area contributed by atoms with Crippen molar-refractivity contribution in [3.63, 3.8) is 0 Å². The molecule has 1 aliphatic heterocycles. The van der Waals surface area contributed by atoms with Gasteiger partial charge in [-0.05, 0) is 33.2 Å². The second-order valence-electron chi connectivity index (χ2n) is 5.79. The van der Waals surface area contributed by atoms with Gasteiger partial charge in [-0.15, -0.1) is 0 Å². The van der Waals surface area contributed by atoms with Gasteiger partial charge in [0.1, 0.15) is 12.1 Å². The number of hydrogen-bond donors (Lipinski definition) is 2. The van der Waals surface area contributed by atoms with Crippen molar-refractivity contribution in [2.45, 2.75) is 38.3 Å². The summed E-state index contributed by atoms with van der Waals surface area (Å²) in [6.07, 6.45) is 6.70.